The first-order valence-electron chi connectivity index (χ1n) is 9.70. The van der Waals surface area contributed by atoms with Crippen LogP contribution in [0.2, 0.25) is 0 Å². The van der Waals surface area contributed by atoms with E-state index in [-0.39, 0.29) is 0 Å². The summed E-state index contributed by atoms with van der Waals surface area (Å²) in [6, 6.07) is 14.1. The second-order valence-electron chi connectivity index (χ2n) is 8.09. The number of aliphatic hydroxyl groups is 1. The lowest BCUT2D eigenvalue weighted by Gasteiger charge is -2.28. The van der Waals surface area contributed by atoms with Gasteiger partial charge in [0.2, 0.25) is 0 Å². The lowest BCUT2D eigenvalue weighted by atomic mass is 9.93. The lowest BCUT2D eigenvalue weighted by Crippen LogP contribution is -2.34. The highest BCUT2D eigenvalue weighted by Gasteiger charge is 2.26. The van der Waals surface area contributed by atoms with Crippen molar-refractivity contribution >= 4 is 11.0 Å². The van der Waals surface area contributed by atoms with E-state index in [1.165, 1.54) is 0 Å². The Morgan fingerprint density at radius 2 is 2.07 bits per heavy atom. The van der Waals surface area contributed by atoms with Gasteiger partial charge in [-0.3, -0.25) is 4.90 Å². The Hall–Kier alpha value is -2.41. The molecule has 0 saturated carbocycles. The quantitative estimate of drug-likeness (QED) is 0.713. The second kappa shape index (κ2) is 7.54. The van der Waals surface area contributed by atoms with Crippen LogP contribution in [0.1, 0.15) is 23.9 Å². The number of rotatable bonds is 5. The van der Waals surface area contributed by atoms with Crippen LogP contribution in [-0.2, 0) is 18.7 Å². The number of hydrogen-bond acceptors (Lipinski definition) is 5. The van der Waals surface area contributed by atoms with E-state index in [0.717, 1.165) is 53.4 Å². The van der Waals surface area contributed by atoms with Crippen LogP contribution >= 0.6 is 0 Å². The Kier molecular flexibility index (Phi) is 5.10. The minimum atomic E-state index is -0.908. The Labute approximate surface area is 165 Å². The highest BCUT2D eigenvalue weighted by Crippen LogP contribution is 2.30. The molecule has 28 heavy (non-hydrogen) atoms. The largest absolute Gasteiger partial charge is 0.492 e. The van der Waals surface area contributed by atoms with Crippen molar-refractivity contribution in [2.45, 2.75) is 25.6 Å². The van der Waals surface area contributed by atoms with Gasteiger partial charge in [-0.25, -0.2) is 4.98 Å². The van der Waals surface area contributed by atoms with E-state index in [1.807, 2.05) is 62.3 Å². The molecule has 0 saturated heterocycles. The van der Waals surface area contributed by atoms with Crippen molar-refractivity contribution in [2.75, 3.05) is 33.8 Å². The molecule has 0 bridgehead atoms. The third-order valence-corrected chi connectivity index (χ3v) is 5.18. The Bertz CT molecular complexity index is 931. The zero-order valence-electron chi connectivity index (χ0n) is 16.8. The number of nitrogens with one attached hydrogen (secondary N) is 1. The summed E-state index contributed by atoms with van der Waals surface area (Å²) in [6.07, 6.45) is 0. The molecule has 2 heterocycles. The summed E-state index contributed by atoms with van der Waals surface area (Å²) in [5, 5.41) is 10.9. The van der Waals surface area contributed by atoms with Gasteiger partial charge in [-0.1, -0.05) is 18.2 Å². The number of likely N-dealkylation sites (N-methyl/N-ethyl adjacent to an activating group) is 1. The van der Waals surface area contributed by atoms with Crippen LogP contribution in [-0.4, -0.2) is 58.7 Å². The van der Waals surface area contributed by atoms with Crippen LogP contribution in [0.25, 0.3) is 11.0 Å². The zero-order valence-corrected chi connectivity index (χ0v) is 16.8. The van der Waals surface area contributed by atoms with Crippen molar-refractivity contribution in [1.29, 1.82) is 0 Å². The Morgan fingerprint density at radius 1 is 1.25 bits per heavy atom. The zero-order chi connectivity index (χ0) is 19.7. The fourth-order valence-corrected chi connectivity index (χ4v) is 3.92. The highest BCUT2D eigenvalue weighted by molar-refractivity contribution is 5.74. The molecule has 2 aromatic carbocycles. The third kappa shape index (κ3) is 4.04. The summed E-state index contributed by atoms with van der Waals surface area (Å²) in [4.78, 5) is 12.4. The van der Waals surface area contributed by atoms with Gasteiger partial charge in [0.05, 0.1) is 23.2 Å². The normalized spacial score (nSPS) is 17.2. The number of imidazole rings is 1. The molecule has 0 aliphatic carbocycles. The smallest absolute Gasteiger partial charge is 0.123 e. The molecular formula is C22H28N4O2. The maximum Gasteiger partial charge on any atom is 0.123 e. The van der Waals surface area contributed by atoms with Crippen molar-refractivity contribution < 1.29 is 9.84 Å². The monoisotopic (exact) mass is 380 g/mol. The molecule has 0 spiro atoms. The standard InChI is InChI=1S/C22H28N4O2/c1-22(27,15-25(2)3)17-8-9-20-16(12-17)13-26(10-11-28-20)14-21-23-18-6-4-5-7-19(18)24-21/h4-9,12,27H,10-11,13-15H2,1-3H3,(H,23,24). The highest BCUT2D eigenvalue weighted by atomic mass is 16.5. The predicted octanol–water partition coefficient (Wildman–Crippen LogP) is 2.73. The van der Waals surface area contributed by atoms with E-state index < -0.39 is 5.60 Å². The summed E-state index contributed by atoms with van der Waals surface area (Å²) in [7, 11) is 3.94. The molecule has 1 atom stereocenters. The first-order valence-corrected chi connectivity index (χ1v) is 9.70. The van der Waals surface area contributed by atoms with Crippen molar-refractivity contribution in [2.24, 2.45) is 0 Å². The van der Waals surface area contributed by atoms with Gasteiger partial charge in [-0.05, 0) is 50.8 Å². The van der Waals surface area contributed by atoms with Crippen LogP contribution in [0.4, 0.5) is 0 Å². The summed E-state index contributed by atoms with van der Waals surface area (Å²) in [6.45, 7) is 5.39. The van der Waals surface area contributed by atoms with Gasteiger partial charge >= 0.3 is 0 Å². The molecule has 3 aromatic rings. The average Bonchev–Trinajstić information content (AvgIpc) is 2.92. The van der Waals surface area contributed by atoms with Crippen LogP contribution in [0.3, 0.4) is 0 Å². The number of ether oxygens (including phenoxy) is 1. The number of H-pyrrole nitrogens is 1. The fraction of sp³-hybridized carbons (Fsp3) is 0.409. The summed E-state index contributed by atoms with van der Waals surface area (Å²) < 4.78 is 5.96. The second-order valence-corrected chi connectivity index (χ2v) is 8.09. The third-order valence-electron chi connectivity index (χ3n) is 5.18. The molecule has 0 fully saturated rings. The van der Waals surface area contributed by atoms with Crippen LogP contribution in [0.5, 0.6) is 5.75 Å². The average molecular weight is 380 g/mol. The first kappa shape index (κ1) is 18.9. The summed E-state index contributed by atoms with van der Waals surface area (Å²) in [5.41, 5.74) is 3.16. The van der Waals surface area contributed by atoms with Crippen molar-refractivity contribution in [3.05, 3.63) is 59.4 Å². The van der Waals surface area contributed by atoms with Crippen LogP contribution in [0.15, 0.2) is 42.5 Å². The number of benzene rings is 2. The van der Waals surface area contributed by atoms with Crippen molar-refractivity contribution in [3.8, 4) is 5.75 Å². The molecule has 0 radical (unpaired) electrons. The van der Waals surface area contributed by atoms with Crippen LogP contribution in [0, 0.1) is 0 Å². The van der Waals surface area contributed by atoms with Crippen LogP contribution < -0.4 is 4.74 Å². The topological polar surface area (TPSA) is 64.6 Å². The van der Waals surface area contributed by atoms with Crippen molar-refractivity contribution in [3.63, 3.8) is 0 Å². The number of aromatic amines is 1. The number of nitrogens with zero attached hydrogens (tertiary/aromatic N) is 3. The molecule has 6 nitrogen and oxygen atoms in total. The summed E-state index contributed by atoms with van der Waals surface area (Å²) in [5.74, 6) is 1.86. The number of para-hydroxylation sites is 2. The lowest BCUT2D eigenvalue weighted by molar-refractivity contribution is 0.0299. The molecule has 148 valence electrons. The molecule has 6 heteroatoms. The fourth-order valence-electron chi connectivity index (χ4n) is 3.92. The molecule has 1 aromatic heterocycles. The molecule has 1 aliphatic rings. The van der Waals surface area contributed by atoms with E-state index in [9.17, 15) is 5.11 Å². The number of aromatic nitrogens is 2. The molecule has 1 unspecified atom stereocenters. The van der Waals surface area contributed by atoms with Gasteiger partial charge in [0.25, 0.3) is 0 Å². The number of hydrogen-bond donors (Lipinski definition) is 2. The maximum absolute atomic E-state index is 10.9. The molecule has 4 rings (SSSR count). The van der Waals surface area contributed by atoms with E-state index in [2.05, 4.69) is 16.0 Å². The SMILES string of the molecule is CN(C)CC(C)(O)c1ccc2c(c1)CN(Cc1nc3ccccc3[nH]1)CCO2. The van der Waals surface area contributed by atoms with E-state index in [4.69, 9.17) is 9.72 Å². The predicted molar refractivity (Wildman–Crippen MR) is 110 cm³/mol. The Morgan fingerprint density at radius 3 is 2.86 bits per heavy atom. The maximum atomic E-state index is 10.9. The van der Waals surface area contributed by atoms with Gasteiger partial charge < -0.3 is 19.7 Å². The summed E-state index contributed by atoms with van der Waals surface area (Å²) >= 11 is 0. The van der Waals surface area contributed by atoms with E-state index in [0.29, 0.717) is 13.2 Å². The minimum Gasteiger partial charge on any atom is -0.492 e. The van der Waals surface area contributed by atoms with Gasteiger partial charge in [0, 0.05) is 25.2 Å². The van der Waals surface area contributed by atoms with Gasteiger partial charge in [0.1, 0.15) is 18.2 Å². The minimum absolute atomic E-state index is 0.565. The molecule has 0 amide bonds. The van der Waals surface area contributed by atoms with E-state index >= 15 is 0 Å². The molecular weight excluding hydrogens is 352 g/mol. The Balaban J connectivity index is 1.55. The molecule has 2 N–H and O–H groups in total. The van der Waals surface area contributed by atoms with Gasteiger partial charge in [-0.15, -0.1) is 0 Å². The first-order chi connectivity index (χ1) is 13.4. The van der Waals surface area contributed by atoms with Gasteiger partial charge in [-0.2, -0.15) is 0 Å². The number of fused-ring (bicyclic) bond motifs is 2. The van der Waals surface area contributed by atoms with Gasteiger partial charge in [0.15, 0.2) is 0 Å². The van der Waals surface area contributed by atoms with E-state index in [1.54, 1.807) is 0 Å². The molecule has 1 aliphatic heterocycles. The van der Waals surface area contributed by atoms with Crippen molar-refractivity contribution in [1.82, 2.24) is 19.8 Å².